The average Bonchev–Trinajstić information content (AvgIpc) is 2.79. The summed E-state index contributed by atoms with van der Waals surface area (Å²) in [7, 11) is 0. The first-order valence-electron chi connectivity index (χ1n) is 11.9. The summed E-state index contributed by atoms with van der Waals surface area (Å²) in [6, 6.07) is 5.33. The van der Waals surface area contributed by atoms with E-state index in [-0.39, 0.29) is 11.7 Å². The smallest absolute Gasteiger partial charge is 0.308 e. The van der Waals surface area contributed by atoms with Crippen LogP contribution in [0, 0.1) is 0 Å². The van der Waals surface area contributed by atoms with Gasteiger partial charge in [0.1, 0.15) is 0 Å². The summed E-state index contributed by atoms with van der Waals surface area (Å²) in [5, 5.41) is 3.39. The van der Waals surface area contributed by atoms with Crippen molar-refractivity contribution in [3.63, 3.8) is 0 Å². The van der Waals surface area contributed by atoms with Gasteiger partial charge >= 0.3 is 5.97 Å². The van der Waals surface area contributed by atoms with Crippen LogP contribution in [-0.4, -0.2) is 42.3 Å². The summed E-state index contributed by atoms with van der Waals surface area (Å²) in [5.74, 6) is -0.0972. The lowest BCUT2D eigenvalue weighted by atomic mass is 9.74. The zero-order valence-corrected chi connectivity index (χ0v) is 19.7. The second-order valence-electron chi connectivity index (χ2n) is 8.85. The van der Waals surface area contributed by atoms with Gasteiger partial charge in [-0.2, -0.15) is 0 Å². The van der Waals surface area contributed by atoms with Crippen LogP contribution in [-0.2, 0) is 14.4 Å². The lowest BCUT2D eigenvalue weighted by Crippen LogP contribution is -2.42. The van der Waals surface area contributed by atoms with Gasteiger partial charge in [0.25, 0.3) is 5.91 Å². The van der Waals surface area contributed by atoms with Gasteiger partial charge in [-0.15, -0.1) is 0 Å². The summed E-state index contributed by atoms with van der Waals surface area (Å²) in [4.78, 5) is 40.3. The average molecular weight is 453 g/mol. The minimum Gasteiger partial charge on any atom is -0.490 e. The number of Topliss-reactive ketones (excluding diaryl/α,β-unsaturated/α-hetero) is 1. The predicted molar refractivity (Wildman–Crippen MR) is 124 cm³/mol. The number of rotatable bonds is 5. The molecule has 2 aliphatic heterocycles. The number of likely N-dealkylation sites (tertiary alicyclic amines) is 1. The van der Waals surface area contributed by atoms with E-state index in [1.807, 2.05) is 24.8 Å². The maximum atomic E-state index is 13.7. The van der Waals surface area contributed by atoms with E-state index in [0.29, 0.717) is 35.7 Å². The number of ether oxygens (including phenoxy) is 2. The van der Waals surface area contributed by atoms with E-state index in [1.165, 1.54) is 6.92 Å². The Balaban J connectivity index is 1.82. The Bertz CT molecular complexity index is 1030. The van der Waals surface area contributed by atoms with Crippen LogP contribution in [0.4, 0.5) is 0 Å². The van der Waals surface area contributed by atoms with Crippen LogP contribution in [0.2, 0.25) is 0 Å². The number of amides is 1. The number of nitrogens with zero attached hydrogens (tertiary/aromatic N) is 1. The van der Waals surface area contributed by atoms with Crippen LogP contribution < -0.4 is 14.8 Å². The first-order valence-corrected chi connectivity index (χ1v) is 11.9. The second kappa shape index (κ2) is 9.81. The first-order chi connectivity index (χ1) is 15.9. The number of hydrogen-bond acceptors (Lipinski definition) is 6. The standard InChI is InChI=1S/C26H32N2O5/c1-4-32-22-15-18(11-12-21(22)33-17(3)29)24-23(26(31)28-13-6-5-7-14-28)16(2)27-19-9-8-10-20(30)25(19)24/h11-12,15,24,27H,4-10,13-14H2,1-3H3/t24-/m0/s1. The number of carbonyl (C=O) groups excluding carboxylic acids is 3. The molecular weight excluding hydrogens is 420 g/mol. The maximum Gasteiger partial charge on any atom is 0.308 e. The van der Waals surface area contributed by atoms with Gasteiger partial charge in [-0.25, -0.2) is 0 Å². The third-order valence-corrected chi connectivity index (χ3v) is 6.50. The summed E-state index contributed by atoms with van der Waals surface area (Å²) >= 11 is 0. The fraction of sp³-hybridized carbons (Fsp3) is 0.500. The number of piperidine rings is 1. The quantitative estimate of drug-likeness (QED) is 0.537. The van der Waals surface area contributed by atoms with Gasteiger partial charge in [-0.1, -0.05) is 6.07 Å². The molecule has 7 heteroatoms. The molecule has 176 valence electrons. The van der Waals surface area contributed by atoms with Gasteiger partial charge in [0, 0.05) is 54.9 Å². The minimum absolute atomic E-state index is 0.0170. The van der Waals surface area contributed by atoms with Crippen LogP contribution in [0.15, 0.2) is 40.7 Å². The summed E-state index contributed by atoms with van der Waals surface area (Å²) in [6.07, 6.45) is 5.18. The van der Waals surface area contributed by atoms with Crippen LogP contribution in [0.25, 0.3) is 0 Å². The Morgan fingerprint density at radius 2 is 1.85 bits per heavy atom. The molecule has 1 atom stereocenters. The molecule has 1 saturated heterocycles. The minimum atomic E-state index is -0.478. The van der Waals surface area contributed by atoms with Crippen LogP contribution in [0.1, 0.15) is 70.8 Å². The Labute approximate surface area is 194 Å². The molecule has 0 saturated carbocycles. The molecular formula is C26H32N2O5. The highest BCUT2D eigenvalue weighted by molar-refractivity contribution is 6.05. The van der Waals surface area contributed by atoms with Crippen molar-refractivity contribution in [3.05, 3.63) is 46.3 Å². The van der Waals surface area contributed by atoms with Crippen molar-refractivity contribution in [1.29, 1.82) is 0 Å². The number of ketones is 1. The summed E-state index contributed by atoms with van der Waals surface area (Å²) in [6.45, 7) is 6.98. The van der Waals surface area contributed by atoms with Crippen molar-refractivity contribution in [2.75, 3.05) is 19.7 Å². The van der Waals surface area contributed by atoms with Crippen molar-refractivity contribution < 1.29 is 23.9 Å². The molecule has 7 nitrogen and oxygen atoms in total. The molecule has 33 heavy (non-hydrogen) atoms. The number of carbonyl (C=O) groups is 3. The molecule has 1 aliphatic carbocycles. The van der Waals surface area contributed by atoms with Gasteiger partial charge < -0.3 is 19.7 Å². The van der Waals surface area contributed by atoms with Crippen LogP contribution in [0.3, 0.4) is 0 Å². The van der Waals surface area contributed by atoms with Crippen molar-refractivity contribution in [2.45, 2.75) is 65.2 Å². The first kappa shape index (κ1) is 23.1. The fourth-order valence-corrected chi connectivity index (χ4v) is 5.08. The molecule has 0 unspecified atom stereocenters. The Morgan fingerprint density at radius 3 is 2.55 bits per heavy atom. The Kier molecular flexibility index (Phi) is 6.86. The van der Waals surface area contributed by atoms with E-state index in [9.17, 15) is 14.4 Å². The van der Waals surface area contributed by atoms with E-state index in [2.05, 4.69) is 5.32 Å². The summed E-state index contributed by atoms with van der Waals surface area (Å²) < 4.78 is 11.1. The van der Waals surface area contributed by atoms with E-state index in [4.69, 9.17) is 9.47 Å². The van der Waals surface area contributed by atoms with Gasteiger partial charge in [0.15, 0.2) is 17.3 Å². The molecule has 1 N–H and O–H groups in total. The lowest BCUT2D eigenvalue weighted by molar-refractivity contribution is -0.132. The van der Waals surface area contributed by atoms with Gasteiger partial charge in [0.2, 0.25) is 0 Å². The van der Waals surface area contributed by atoms with Crippen molar-refractivity contribution in [2.24, 2.45) is 0 Å². The van der Waals surface area contributed by atoms with Crippen LogP contribution >= 0.6 is 0 Å². The van der Waals surface area contributed by atoms with E-state index in [0.717, 1.165) is 62.2 Å². The molecule has 1 amide bonds. The number of benzene rings is 1. The Morgan fingerprint density at radius 1 is 1.09 bits per heavy atom. The highest BCUT2D eigenvalue weighted by atomic mass is 16.6. The molecule has 1 fully saturated rings. The highest BCUT2D eigenvalue weighted by Crippen LogP contribution is 2.44. The summed E-state index contributed by atoms with van der Waals surface area (Å²) in [5.41, 5.74) is 3.79. The normalized spacial score (nSPS) is 20.9. The molecule has 1 aromatic carbocycles. The molecule has 0 bridgehead atoms. The fourth-order valence-electron chi connectivity index (χ4n) is 5.08. The van der Waals surface area contributed by atoms with Gasteiger partial charge in [-0.3, -0.25) is 14.4 Å². The number of esters is 1. The van der Waals surface area contributed by atoms with Crippen molar-refractivity contribution in [3.8, 4) is 11.5 Å². The molecule has 0 radical (unpaired) electrons. The highest BCUT2D eigenvalue weighted by Gasteiger charge is 2.40. The largest absolute Gasteiger partial charge is 0.490 e. The number of hydrogen-bond donors (Lipinski definition) is 1. The Hall–Kier alpha value is -3.09. The van der Waals surface area contributed by atoms with Crippen LogP contribution in [0.5, 0.6) is 11.5 Å². The predicted octanol–water partition coefficient (Wildman–Crippen LogP) is 3.99. The van der Waals surface area contributed by atoms with Crippen molar-refractivity contribution >= 4 is 17.7 Å². The van der Waals surface area contributed by atoms with E-state index < -0.39 is 11.9 Å². The second-order valence-corrected chi connectivity index (χ2v) is 8.85. The molecule has 0 spiro atoms. The molecule has 0 aromatic heterocycles. The lowest BCUT2D eigenvalue weighted by Gasteiger charge is -2.37. The van der Waals surface area contributed by atoms with E-state index >= 15 is 0 Å². The third-order valence-electron chi connectivity index (χ3n) is 6.50. The number of nitrogens with one attached hydrogen (secondary N) is 1. The SMILES string of the molecule is CCOc1cc([C@H]2C(C(=O)N3CCCCC3)=C(C)NC3=C2C(=O)CCC3)ccc1OC(C)=O. The molecule has 1 aromatic rings. The molecule has 3 aliphatic rings. The molecule has 2 heterocycles. The van der Waals surface area contributed by atoms with Crippen molar-refractivity contribution in [1.82, 2.24) is 10.2 Å². The number of dihydropyridines is 1. The van der Waals surface area contributed by atoms with E-state index in [1.54, 1.807) is 12.1 Å². The monoisotopic (exact) mass is 452 g/mol. The zero-order chi connectivity index (χ0) is 23.5. The topological polar surface area (TPSA) is 84.9 Å². The van der Waals surface area contributed by atoms with Gasteiger partial charge in [-0.05, 0) is 63.6 Å². The third kappa shape index (κ3) is 4.68. The zero-order valence-electron chi connectivity index (χ0n) is 19.7. The maximum absolute atomic E-state index is 13.7. The molecule has 4 rings (SSSR count). The van der Waals surface area contributed by atoms with Gasteiger partial charge in [0.05, 0.1) is 6.61 Å². The number of allylic oxidation sites excluding steroid dienone is 3.